The Hall–Kier alpha value is -3.02. The normalized spacial score (nSPS) is 25.2. The van der Waals surface area contributed by atoms with E-state index in [4.69, 9.17) is 14.2 Å². The first-order chi connectivity index (χ1) is 15.7. The van der Waals surface area contributed by atoms with Crippen LogP contribution in [0, 0.1) is 16.0 Å². The lowest BCUT2D eigenvalue weighted by Crippen LogP contribution is -2.63. The van der Waals surface area contributed by atoms with Crippen LogP contribution >= 0.6 is 0 Å². The smallest absolute Gasteiger partial charge is 0.458 e. The Morgan fingerprint density at radius 2 is 1.79 bits per heavy atom. The molecular weight excluding hydrogens is 468 g/mol. The molecule has 4 atom stereocenters. The summed E-state index contributed by atoms with van der Waals surface area (Å²) in [6.07, 6.45) is -0.823. The lowest BCUT2D eigenvalue weighted by Gasteiger charge is -2.43. The van der Waals surface area contributed by atoms with E-state index in [-0.39, 0.29) is 31.2 Å². The van der Waals surface area contributed by atoms with Gasteiger partial charge in [-0.2, -0.15) is 0 Å². The van der Waals surface area contributed by atoms with Crippen molar-refractivity contribution in [3.8, 4) is 0 Å². The van der Waals surface area contributed by atoms with Crippen molar-refractivity contribution in [2.45, 2.75) is 69.4 Å². The average Bonchev–Trinajstić information content (AvgIpc) is 2.92. The molecular formula is C22H28N2O9S. The second-order valence-electron chi connectivity index (χ2n) is 9.68. The lowest BCUT2D eigenvalue weighted by molar-refractivity contribution is -0.384. The third-order valence-electron chi connectivity index (χ3n) is 5.65. The number of fused-ring (bicyclic) bond motifs is 1. The Morgan fingerprint density at radius 1 is 1.18 bits per heavy atom. The first-order valence-electron chi connectivity index (χ1n) is 10.7. The fraction of sp³-hybridized carbons (Fsp3) is 0.591. The van der Waals surface area contributed by atoms with Crippen molar-refractivity contribution in [1.29, 1.82) is 0 Å². The highest BCUT2D eigenvalue weighted by atomic mass is 32.2. The third-order valence-corrected chi connectivity index (χ3v) is 7.90. The maximum absolute atomic E-state index is 13.1. The number of esters is 1. The van der Waals surface area contributed by atoms with Crippen LogP contribution in [0.15, 0.2) is 24.3 Å². The monoisotopic (exact) mass is 496 g/mol. The standard InChI is InChI=1S/C22H28N2O9S/c1-21(2,3)33-19(26)16-22(4,5)34(30)18-15(17(25)23(16)18)10-11-31-20(27)32-12-13-6-8-14(9-7-13)24(28)29/h6-9,15-16,18H,10-12H2,1-5H3/t15-,16+,18-,34?/m1/s1. The highest BCUT2D eigenvalue weighted by Crippen LogP contribution is 2.47. The SMILES string of the molecule is CC(C)(C)OC(=O)[C@@H]1N2C(=O)[C@@H](CCOC(=O)OCc3ccc([N+](=O)[O-])cc3)[C@H]2S(=O)C1(C)C. The van der Waals surface area contributed by atoms with Crippen molar-refractivity contribution in [1.82, 2.24) is 4.90 Å². The molecule has 12 heteroatoms. The minimum Gasteiger partial charge on any atom is -0.458 e. The lowest BCUT2D eigenvalue weighted by atomic mass is 9.89. The van der Waals surface area contributed by atoms with E-state index in [0.29, 0.717) is 5.56 Å². The summed E-state index contributed by atoms with van der Waals surface area (Å²) in [5.41, 5.74) is -0.279. The van der Waals surface area contributed by atoms with Gasteiger partial charge < -0.3 is 19.1 Å². The zero-order valence-electron chi connectivity index (χ0n) is 19.6. The molecule has 0 N–H and O–H groups in total. The number of hydrogen-bond acceptors (Lipinski definition) is 9. The number of β-lactam (4-membered cyclic amide) rings is 1. The predicted molar refractivity (Wildman–Crippen MR) is 120 cm³/mol. The first-order valence-corrected chi connectivity index (χ1v) is 11.9. The Kier molecular flexibility index (Phi) is 7.02. The van der Waals surface area contributed by atoms with Crippen LogP contribution in [-0.2, 0) is 41.2 Å². The van der Waals surface area contributed by atoms with E-state index in [9.17, 15) is 28.7 Å². The van der Waals surface area contributed by atoms with Crippen molar-refractivity contribution in [2.24, 2.45) is 5.92 Å². The number of ether oxygens (including phenoxy) is 3. The maximum atomic E-state index is 13.1. The molecule has 11 nitrogen and oxygen atoms in total. The van der Waals surface area contributed by atoms with E-state index < -0.39 is 55.5 Å². The number of rotatable bonds is 7. The number of carbonyl (C=O) groups is 3. The summed E-state index contributed by atoms with van der Waals surface area (Å²) in [6.45, 7) is 8.25. The molecule has 186 valence electrons. The zero-order chi connectivity index (χ0) is 25.4. The van der Waals surface area contributed by atoms with Crippen molar-refractivity contribution < 1.29 is 37.7 Å². The minimum atomic E-state index is -1.51. The fourth-order valence-corrected chi connectivity index (χ4v) is 6.06. The number of benzene rings is 1. The quantitative estimate of drug-likeness (QED) is 0.241. The molecule has 34 heavy (non-hydrogen) atoms. The number of non-ortho nitro benzene ring substituents is 1. The van der Waals surface area contributed by atoms with Crippen LogP contribution in [0.4, 0.5) is 10.5 Å². The fourth-order valence-electron chi connectivity index (χ4n) is 4.02. The molecule has 0 aliphatic carbocycles. The number of amides is 1. The van der Waals surface area contributed by atoms with E-state index >= 15 is 0 Å². The molecule has 0 radical (unpaired) electrons. The van der Waals surface area contributed by atoms with Gasteiger partial charge in [-0.3, -0.25) is 19.1 Å². The van der Waals surface area contributed by atoms with Gasteiger partial charge in [-0.05, 0) is 58.7 Å². The van der Waals surface area contributed by atoms with Gasteiger partial charge in [0.25, 0.3) is 5.69 Å². The second-order valence-corrected chi connectivity index (χ2v) is 11.8. The number of carbonyl (C=O) groups excluding carboxylic acids is 3. The van der Waals surface area contributed by atoms with Gasteiger partial charge in [-0.25, -0.2) is 9.59 Å². The van der Waals surface area contributed by atoms with Gasteiger partial charge in [0.2, 0.25) is 5.91 Å². The van der Waals surface area contributed by atoms with Crippen molar-refractivity contribution >= 4 is 34.5 Å². The number of nitro groups is 1. The maximum Gasteiger partial charge on any atom is 0.508 e. The molecule has 0 saturated carbocycles. The van der Waals surface area contributed by atoms with Gasteiger partial charge >= 0.3 is 12.1 Å². The first kappa shape index (κ1) is 25.6. The van der Waals surface area contributed by atoms with Crippen LogP contribution in [0.25, 0.3) is 0 Å². The molecule has 3 rings (SSSR count). The molecule has 2 aliphatic heterocycles. The van der Waals surface area contributed by atoms with Crippen LogP contribution < -0.4 is 0 Å². The second kappa shape index (κ2) is 9.32. The number of nitrogens with zero attached hydrogens (tertiary/aromatic N) is 2. The van der Waals surface area contributed by atoms with E-state index in [0.717, 1.165) is 0 Å². The highest BCUT2D eigenvalue weighted by molar-refractivity contribution is 7.87. The molecule has 2 fully saturated rings. The summed E-state index contributed by atoms with van der Waals surface area (Å²) in [6, 6.07) is 4.57. The summed E-state index contributed by atoms with van der Waals surface area (Å²) in [7, 11) is -1.51. The number of nitro benzene ring substituents is 1. The topological polar surface area (TPSA) is 142 Å². The average molecular weight is 497 g/mol. The van der Waals surface area contributed by atoms with E-state index in [1.54, 1.807) is 34.6 Å². The molecule has 2 heterocycles. The van der Waals surface area contributed by atoms with E-state index in [2.05, 4.69) is 0 Å². The van der Waals surface area contributed by atoms with Crippen LogP contribution in [0.5, 0.6) is 0 Å². The summed E-state index contributed by atoms with van der Waals surface area (Å²) in [5, 5.41) is 10.0. The molecule has 1 amide bonds. The molecule has 1 aromatic rings. The summed E-state index contributed by atoms with van der Waals surface area (Å²) in [5.74, 6) is -1.57. The number of hydrogen-bond donors (Lipinski definition) is 0. The Labute approximate surface area is 199 Å². The molecule has 0 bridgehead atoms. The van der Waals surface area contributed by atoms with Gasteiger partial charge in [0.05, 0.1) is 33.0 Å². The van der Waals surface area contributed by atoms with Crippen molar-refractivity contribution in [2.75, 3.05) is 6.61 Å². The molecule has 0 spiro atoms. The summed E-state index contributed by atoms with van der Waals surface area (Å²) in [4.78, 5) is 48.9. The predicted octanol–water partition coefficient (Wildman–Crippen LogP) is 2.67. The molecule has 1 aromatic carbocycles. The zero-order valence-corrected chi connectivity index (χ0v) is 20.5. The van der Waals surface area contributed by atoms with Crippen molar-refractivity contribution in [3.63, 3.8) is 0 Å². The molecule has 2 saturated heterocycles. The Bertz CT molecular complexity index is 1020. The van der Waals surface area contributed by atoms with Crippen LogP contribution in [0.2, 0.25) is 0 Å². The van der Waals surface area contributed by atoms with E-state index in [1.807, 2.05) is 0 Å². The van der Waals surface area contributed by atoms with Gasteiger partial charge in [-0.1, -0.05) is 0 Å². The van der Waals surface area contributed by atoms with Crippen LogP contribution in [-0.4, -0.2) is 60.4 Å². The van der Waals surface area contributed by atoms with Gasteiger partial charge in [0, 0.05) is 12.1 Å². The third kappa shape index (κ3) is 5.06. The Balaban J connectivity index is 1.51. The van der Waals surface area contributed by atoms with Crippen LogP contribution in [0.3, 0.4) is 0 Å². The molecule has 0 aromatic heterocycles. The Morgan fingerprint density at radius 3 is 2.35 bits per heavy atom. The van der Waals surface area contributed by atoms with Crippen molar-refractivity contribution in [3.05, 3.63) is 39.9 Å². The van der Waals surface area contributed by atoms with E-state index in [1.165, 1.54) is 29.2 Å². The summed E-state index contributed by atoms with van der Waals surface area (Å²) < 4.78 is 27.6. The summed E-state index contributed by atoms with van der Waals surface area (Å²) >= 11 is 0. The minimum absolute atomic E-state index is 0.0769. The highest BCUT2D eigenvalue weighted by Gasteiger charge is 2.67. The van der Waals surface area contributed by atoms with Gasteiger partial charge in [0.1, 0.15) is 23.6 Å². The van der Waals surface area contributed by atoms with Crippen LogP contribution in [0.1, 0.15) is 46.6 Å². The molecule has 1 unspecified atom stereocenters. The van der Waals surface area contributed by atoms with Gasteiger partial charge in [-0.15, -0.1) is 0 Å². The van der Waals surface area contributed by atoms with Gasteiger partial charge in [0.15, 0.2) is 0 Å². The largest absolute Gasteiger partial charge is 0.508 e. The molecule has 2 aliphatic rings.